The van der Waals surface area contributed by atoms with Gasteiger partial charge in [-0.3, -0.25) is 4.18 Å². The van der Waals surface area contributed by atoms with Gasteiger partial charge in [-0.1, -0.05) is 0 Å². The standard InChI is InChI=1S/C16H21N4.CH4O4S/c1-4-20(5-2)16-8-6-14(7-9-16)17-18-15-10-12-19(3)13-11-15;1-5-6(2,3)4/h6-13H,4-5H2,1-3H3;1H3,(H,2,3,4)/q+1;/p-1. The van der Waals surface area contributed by atoms with Gasteiger partial charge in [-0.25, -0.2) is 13.0 Å². The molecule has 0 radical (unpaired) electrons. The first-order valence-corrected chi connectivity index (χ1v) is 9.35. The number of pyridine rings is 1. The van der Waals surface area contributed by atoms with Crippen molar-refractivity contribution in [2.75, 3.05) is 25.1 Å². The highest BCUT2D eigenvalue weighted by atomic mass is 32.3. The van der Waals surface area contributed by atoms with Crippen LogP contribution in [0.25, 0.3) is 0 Å². The molecule has 1 aromatic carbocycles. The largest absolute Gasteiger partial charge is 0.726 e. The first-order valence-electron chi connectivity index (χ1n) is 8.02. The van der Waals surface area contributed by atoms with E-state index in [1.165, 1.54) is 5.69 Å². The monoisotopic (exact) mass is 380 g/mol. The number of azo groups is 1. The third-order valence-corrected chi connectivity index (χ3v) is 3.83. The molecule has 0 spiro atoms. The normalized spacial score (nSPS) is 11.1. The Labute approximate surface area is 154 Å². The van der Waals surface area contributed by atoms with E-state index in [0.717, 1.165) is 31.6 Å². The average Bonchev–Trinajstić information content (AvgIpc) is 2.63. The molecule has 0 bridgehead atoms. The fraction of sp³-hybridized carbons (Fsp3) is 0.353. The maximum atomic E-state index is 9.22. The molecule has 26 heavy (non-hydrogen) atoms. The van der Waals surface area contributed by atoms with E-state index in [1.54, 1.807) is 0 Å². The van der Waals surface area contributed by atoms with Crippen LogP contribution in [0.5, 0.6) is 0 Å². The van der Waals surface area contributed by atoms with Gasteiger partial charge in [0.1, 0.15) is 7.05 Å². The summed E-state index contributed by atoms with van der Waals surface area (Å²) in [7, 11) is -1.63. The second-order valence-corrected chi connectivity index (χ2v) is 6.34. The summed E-state index contributed by atoms with van der Waals surface area (Å²) in [4.78, 5) is 2.30. The summed E-state index contributed by atoms with van der Waals surface area (Å²) in [6.45, 7) is 6.34. The lowest BCUT2D eigenvalue weighted by molar-refractivity contribution is -0.671. The summed E-state index contributed by atoms with van der Waals surface area (Å²) < 4.78 is 33.0. The summed E-state index contributed by atoms with van der Waals surface area (Å²) >= 11 is 0. The Morgan fingerprint density at radius 3 is 1.81 bits per heavy atom. The quantitative estimate of drug-likeness (QED) is 0.332. The number of hydrogen-bond acceptors (Lipinski definition) is 7. The fourth-order valence-corrected chi connectivity index (χ4v) is 1.99. The van der Waals surface area contributed by atoms with E-state index in [-0.39, 0.29) is 0 Å². The van der Waals surface area contributed by atoms with Crippen LogP contribution in [0.1, 0.15) is 13.8 Å². The molecule has 0 aliphatic heterocycles. The molecule has 0 saturated carbocycles. The van der Waals surface area contributed by atoms with Crippen molar-refractivity contribution in [1.29, 1.82) is 0 Å². The zero-order valence-electron chi connectivity index (χ0n) is 15.4. The molecule has 2 rings (SSSR count). The van der Waals surface area contributed by atoms with Crippen LogP contribution >= 0.6 is 0 Å². The van der Waals surface area contributed by atoms with Crippen molar-refractivity contribution >= 4 is 27.5 Å². The van der Waals surface area contributed by atoms with E-state index >= 15 is 0 Å². The Bertz CT molecular complexity index is 787. The van der Waals surface area contributed by atoms with Crippen molar-refractivity contribution in [3.63, 3.8) is 0 Å². The van der Waals surface area contributed by atoms with Crippen molar-refractivity contribution in [3.05, 3.63) is 48.8 Å². The Balaban J connectivity index is 0.000000487. The van der Waals surface area contributed by atoms with Crippen LogP contribution in [0, 0.1) is 0 Å². The molecule has 0 fully saturated rings. The highest BCUT2D eigenvalue weighted by Crippen LogP contribution is 2.21. The third-order valence-electron chi connectivity index (χ3n) is 3.42. The molecule has 0 aliphatic rings. The van der Waals surface area contributed by atoms with Gasteiger partial charge in [0.15, 0.2) is 12.4 Å². The summed E-state index contributed by atoms with van der Waals surface area (Å²) in [6, 6.07) is 12.1. The first-order chi connectivity index (χ1) is 12.3. The summed E-state index contributed by atoms with van der Waals surface area (Å²) in [5, 5.41) is 8.49. The number of benzene rings is 1. The van der Waals surface area contributed by atoms with E-state index in [9.17, 15) is 13.0 Å². The Kier molecular flexibility index (Phi) is 8.83. The SMILES string of the molecule is CCN(CC)c1ccc(N=Nc2cc[n+](C)cc2)cc1.COS(=O)(=O)[O-]. The summed E-state index contributed by atoms with van der Waals surface area (Å²) in [5.41, 5.74) is 2.95. The van der Waals surface area contributed by atoms with Crippen molar-refractivity contribution < 1.29 is 21.7 Å². The predicted octanol–water partition coefficient (Wildman–Crippen LogP) is 2.87. The van der Waals surface area contributed by atoms with Crippen molar-refractivity contribution in [2.45, 2.75) is 13.8 Å². The molecule has 8 nitrogen and oxygen atoms in total. The molecule has 0 saturated heterocycles. The van der Waals surface area contributed by atoms with E-state index in [4.69, 9.17) is 0 Å². The Morgan fingerprint density at radius 1 is 1.00 bits per heavy atom. The molecule has 1 aromatic heterocycles. The smallest absolute Gasteiger partial charge is 0.217 e. The predicted molar refractivity (Wildman–Crippen MR) is 98.5 cm³/mol. The summed E-state index contributed by atoms with van der Waals surface area (Å²) in [6.07, 6.45) is 3.91. The van der Waals surface area contributed by atoms with Gasteiger partial charge >= 0.3 is 0 Å². The molecule has 2 aromatic rings. The molecule has 9 heteroatoms. The van der Waals surface area contributed by atoms with Crippen molar-refractivity contribution in [1.82, 2.24) is 0 Å². The van der Waals surface area contributed by atoms with Crippen molar-refractivity contribution in [2.24, 2.45) is 17.3 Å². The molecule has 0 unspecified atom stereocenters. The van der Waals surface area contributed by atoms with Gasteiger partial charge in [-0.15, -0.1) is 0 Å². The van der Waals surface area contributed by atoms with Gasteiger partial charge in [0.25, 0.3) is 0 Å². The number of hydrogen-bond donors (Lipinski definition) is 0. The van der Waals surface area contributed by atoms with E-state index in [1.807, 2.05) is 48.3 Å². The lowest BCUT2D eigenvalue weighted by Gasteiger charge is -2.20. The molecule has 0 atom stereocenters. The third kappa shape index (κ3) is 8.15. The minimum absolute atomic E-state index is 0.808. The highest BCUT2D eigenvalue weighted by Gasteiger charge is 2.01. The van der Waals surface area contributed by atoms with Crippen LogP contribution in [0.3, 0.4) is 0 Å². The second-order valence-electron chi connectivity index (χ2n) is 5.19. The second kappa shape index (κ2) is 10.6. The minimum Gasteiger partial charge on any atom is -0.726 e. The van der Waals surface area contributed by atoms with E-state index in [0.29, 0.717) is 0 Å². The minimum atomic E-state index is -4.41. The summed E-state index contributed by atoms with van der Waals surface area (Å²) in [5.74, 6) is 0. The van der Waals surface area contributed by atoms with Gasteiger partial charge in [-0.2, -0.15) is 10.2 Å². The van der Waals surface area contributed by atoms with Gasteiger partial charge in [-0.05, 0) is 38.1 Å². The molecular weight excluding hydrogens is 356 g/mol. The molecule has 0 aliphatic carbocycles. The fourth-order valence-electron chi connectivity index (χ4n) is 1.99. The van der Waals surface area contributed by atoms with Gasteiger partial charge in [0, 0.05) is 30.9 Å². The highest BCUT2D eigenvalue weighted by molar-refractivity contribution is 7.80. The molecule has 0 N–H and O–H groups in total. The maximum Gasteiger partial charge on any atom is 0.217 e. The zero-order valence-corrected chi connectivity index (χ0v) is 16.2. The van der Waals surface area contributed by atoms with Crippen molar-refractivity contribution in [3.8, 4) is 0 Å². The first kappa shape index (κ1) is 21.7. The molecule has 142 valence electrons. The number of anilines is 1. The van der Waals surface area contributed by atoms with Gasteiger partial charge < -0.3 is 9.45 Å². The van der Waals surface area contributed by atoms with Gasteiger partial charge in [0.2, 0.25) is 10.4 Å². The maximum absolute atomic E-state index is 9.22. The lowest BCUT2D eigenvalue weighted by Crippen LogP contribution is -2.25. The number of rotatable bonds is 6. The van der Waals surface area contributed by atoms with Crippen LogP contribution in [-0.2, 0) is 21.6 Å². The molecule has 1 heterocycles. The van der Waals surface area contributed by atoms with Gasteiger partial charge in [0.05, 0.1) is 18.5 Å². The number of nitrogens with zero attached hydrogens (tertiary/aromatic N) is 4. The van der Waals surface area contributed by atoms with Crippen LogP contribution in [0.15, 0.2) is 59.0 Å². The van der Waals surface area contributed by atoms with E-state index < -0.39 is 10.4 Å². The zero-order chi connectivity index (χ0) is 19.6. The average molecular weight is 380 g/mol. The number of aromatic nitrogens is 1. The Hall–Kier alpha value is -2.36. The van der Waals surface area contributed by atoms with Crippen LogP contribution in [-0.4, -0.2) is 33.2 Å². The molecule has 0 amide bonds. The van der Waals surface area contributed by atoms with E-state index in [2.05, 4.69) is 45.3 Å². The van der Waals surface area contributed by atoms with Crippen LogP contribution in [0.2, 0.25) is 0 Å². The lowest BCUT2D eigenvalue weighted by atomic mass is 10.2. The molecular formula is C17H24N4O4S. The van der Waals surface area contributed by atoms with Crippen LogP contribution in [0.4, 0.5) is 17.1 Å². The topological polar surface area (TPSA) is 98.3 Å². The number of aryl methyl sites for hydroxylation is 1. The Morgan fingerprint density at radius 2 is 1.42 bits per heavy atom. The van der Waals surface area contributed by atoms with Crippen LogP contribution < -0.4 is 9.47 Å².